The van der Waals surface area contributed by atoms with E-state index < -0.39 is 0 Å². The Hall–Kier alpha value is -0.0900. The van der Waals surface area contributed by atoms with Gasteiger partial charge in [0.25, 0.3) is 0 Å². The van der Waals surface area contributed by atoms with Crippen LogP contribution in [0.1, 0.15) is 37.8 Å². The average Bonchev–Trinajstić information content (AvgIpc) is 2.39. The van der Waals surface area contributed by atoms with Crippen molar-refractivity contribution in [3.63, 3.8) is 0 Å². The summed E-state index contributed by atoms with van der Waals surface area (Å²) in [6, 6.07) is 6.56. The number of rotatable bonds is 5. The van der Waals surface area contributed by atoms with Crippen molar-refractivity contribution in [3.05, 3.63) is 33.3 Å². The van der Waals surface area contributed by atoms with Gasteiger partial charge in [-0.05, 0) is 55.5 Å². The van der Waals surface area contributed by atoms with E-state index in [-0.39, 0.29) is 0 Å². The first-order chi connectivity index (χ1) is 9.20. The summed E-state index contributed by atoms with van der Waals surface area (Å²) in [5.74, 6) is 0.630. The van der Waals surface area contributed by atoms with E-state index in [2.05, 4.69) is 40.3 Å². The Labute approximate surface area is 129 Å². The first-order valence-electron chi connectivity index (χ1n) is 6.98. The van der Waals surface area contributed by atoms with Gasteiger partial charge >= 0.3 is 0 Å². The van der Waals surface area contributed by atoms with Gasteiger partial charge in [-0.25, -0.2) is 0 Å². The lowest BCUT2D eigenvalue weighted by Gasteiger charge is -2.31. The van der Waals surface area contributed by atoms with Gasteiger partial charge in [-0.2, -0.15) is 0 Å². The Bertz CT molecular complexity index is 387. The van der Waals surface area contributed by atoms with Crippen molar-refractivity contribution in [1.82, 2.24) is 5.32 Å². The molecule has 0 aromatic heterocycles. The van der Waals surface area contributed by atoms with E-state index >= 15 is 0 Å². The first-order valence-corrected chi connectivity index (χ1v) is 8.15. The predicted octanol–water partition coefficient (Wildman–Crippen LogP) is 4.57. The number of nitrogens with one attached hydrogen (secondary N) is 1. The van der Waals surface area contributed by atoms with Crippen LogP contribution in [-0.2, 0) is 4.74 Å². The molecule has 1 aromatic rings. The van der Waals surface area contributed by atoms with Crippen molar-refractivity contribution in [3.8, 4) is 0 Å². The SMILES string of the molecule is CCCNC(c1cc(Cl)cc(Br)c1)C1CCOCC1. The standard InChI is InChI=1S/C15H21BrClNO/c1-2-5-18-15(11-3-6-19-7-4-11)12-8-13(16)10-14(17)9-12/h8-11,15,18H,2-7H2,1H3. The molecule has 4 heteroatoms. The van der Waals surface area contributed by atoms with Crippen LogP contribution in [0.2, 0.25) is 5.02 Å². The van der Waals surface area contributed by atoms with Crippen LogP contribution in [0, 0.1) is 5.92 Å². The molecule has 0 radical (unpaired) electrons. The highest BCUT2D eigenvalue weighted by Gasteiger charge is 2.25. The summed E-state index contributed by atoms with van der Waals surface area (Å²) in [6.45, 7) is 4.97. The Balaban J connectivity index is 2.19. The fourth-order valence-corrected chi connectivity index (χ4v) is 3.55. The van der Waals surface area contributed by atoms with E-state index in [4.69, 9.17) is 16.3 Å². The fraction of sp³-hybridized carbons (Fsp3) is 0.600. The lowest BCUT2D eigenvalue weighted by atomic mass is 9.87. The summed E-state index contributed by atoms with van der Waals surface area (Å²) in [5.41, 5.74) is 1.28. The lowest BCUT2D eigenvalue weighted by Crippen LogP contribution is -2.32. The molecule has 0 amide bonds. The van der Waals surface area contributed by atoms with Crippen LogP contribution in [-0.4, -0.2) is 19.8 Å². The summed E-state index contributed by atoms with van der Waals surface area (Å²) in [7, 11) is 0. The van der Waals surface area contributed by atoms with E-state index in [1.807, 2.05) is 6.07 Å². The second kappa shape index (κ2) is 7.63. The van der Waals surface area contributed by atoms with Crippen molar-refractivity contribution in [2.45, 2.75) is 32.2 Å². The minimum Gasteiger partial charge on any atom is -0.381 e. The Morgan fingerprint density at radius 1 is 1.37 bits per heavy atom. The Morgan fingerprint density at radius 2 is 2.11 bits per heavy atom. The number of halogens is 2. The first kappa shape index (κ1) is 15.3. The second-order valence-electron chi connectivity index (χ2n) is 5.08. The molecule has 0 saturated carbocycles. The van der Waals surface area contributed by atoms with Crippen LogP contribution in [0.4, 0.5) is 0 Å². The zero-order valence-corrected chi connectivity index (χ0v) is 13.6. The van der Waals surface area contributed by atoms with Crippen LogP contribution in [0.5, 0.6) is 0 Å². The van der Waals surface area contributed by atoms with Gasteiger partial charge in [0.05, 0.1) is 0 Å². The highest BCUT2D eigenvalue weighted by molar-refractivity contribution is 9.10. The summed E-state index contributed by atoms with van der Waals surface area (Å²) in [5, 5.41) is 4.47. The molecule has 1 N–H and O–H groups in total. The number of hydrogen-bond acceptors (Lipinski definition) is 2. The molecule has 19 heavy (non-hydrogen) atoms. The van der Waals surface area contributed by atoms with Crippen molar-refractivity contribution in [1.29, 1.82) is 0 Å². The van der Waals surface area contributed by atoms with Gasteiger partial charge in [0.2, 0.25) is 0 Å². The third-order valence-electron chi connectivity index (χ3n) is 3.60. The molecule has 1 fully saturated rings. The second-order valence-corrected chi connectivity index (χ2v) is 6.44. The molecular formula is C15H21BrClNO. The molecular weight excluding hydrogens is 326 g/mol. The predicted molar refractivity (Wildman–Crippen MR) is 83.7 cm³/mol. The molecule has 0 aliphatic carbocycles. The maximum absolute atomic E-state index is 6.18. The molecule has 106 valence electrons. The molecule has 1 saturated heterocycles. The summed E-state index contributed by atoms with van der Waals surface area (Å²) in [6.07, 6.45) is 3.37. The van der Waals surface area contributed by atoms with Gasteiger partial charge in [-0.3, -0.25) is 0 Å². The number of ether oxygens (including phenoxy) is 1. The van der Waals surface area contributed by atoms with Gasteiger partial charge in [-0.15, -0.1) is 0 Å². The maximum Gasteiger partial charge on any atom is 0.0469 e. The lowest BCUT2D eigenvalue weighted by molar-refractivity contribution is 0.0536. The van der Waals surface area contributed by atoms with E-state index in [0.717, 1.165) is 48.5 Å². The monoisotopic (exact) mass is 345 g/mol. The topological polar surface area (TPSA) is 21.3 Å². The highest BCUT2D eigenvalue weighted by Crippen LogP contribution is 2.33. The smallest absolute Gasteiger partial charge is 0.0469 e. The van der Waals surface area contributed by atoms with Gasteiger partial charge in [-0.1, -0.05) is 34.5 Å². The molecule has 2 nitrogen and oxygen atoms in total. The largest absolute Gasteiger partial charge is 0.381 e. The van der Waals surface area contributed by atoms with Crippen LogP contribution < -0.4 is 5.32 Å². The van der Waals surface area contributed by atoms with Crippen molar-refractivity contribution >= 4 is 27.5 Å². The molecule has 1 aliphatic rings. The van der Waals surface area contributed by atoms with Crippen molar-refractivity contribution in [2.24, 2.45) is 5.92 Å². The van der Waals surface area contributed by atoms with E-state index in [0.29, 0.717) is 12.0 Å². The molecule has 1 aliphatic heterocycles. The van der Waals surface area contributed by atoms with Crippen LogP contribution in [0.3, 0.4) is 0 Å². The summed E-state index contributed by atoms with van der Waals surface area (Å²) in [4.78, 5) is 0. The third kappa shape index (κ3) is 4.45. The third-order valence-corrected chi connectivity index (χ3v) is 4.27. The van der Waals surface area contributed by atoms with E-state index in [1.54, 1.807) is 0 Å². The van der Waals surface area contributed by atoms with Crippen molar-refractivity contribution in [2.75, 3.05) is 19.8 Å². The normalized spacial score (nSPS) is 18.5. The van der Waals surface area contributed by atoms with Crippen LogP contribution in [0.15, 0.2) is 22.7 Å². The van der Waals surface area contributed by atoms with Gasteiger partial charge in [0.15, 0.2) is 0 Å². The van der Waals surface area contributed by atoms with E-state index in [9.17, 15) is 0 Å². The molecule has 1 heterocycles. The zero-order chi connectivity index (χ0) is 13.7. The number of hydrogen-bond donors (Lipinski definition) is 1. The van der Waals surface area contributed by atoms with Crippen molar-refractivity contribution < 1.29 is 4.74 Å². The van der Waals surface area contributed by atoms with Crippen LogP contribution in [0.25, 0.3) is 0 Å². The molecule has 1 atom stereocenters. The zero-order valence-electron chi connectivity index (χ0n) is 11.3. The Kier molecular flexibility index (Phi) is 6.14. The molecule has 1 unspecified atom stereocenters. The van der Waals surface area contributed by atoms with E-state index in [1.165, 1.54) is 5.56 Å². The Morgan fingerprint density at radius 3 is 2.74 bits per heavy atom. The molecule has 1 aromatic carbocycles. The highest BCUT2D eigenvalue weighted by atomic mass is 79.9. The average molecular weight is 347 g/mol. The fourth-order valence-electron chi connectivity index (χ4n) is 2.66. The number of benzene rings is 1. The quantitative estimate of drug-likeness (QED) is 0.843. The molecule has 0 spiro atoms. The summed E-state index contributed by atoms with van der Waals surface area (Å²) >= 11 is 9.72. The maximum atomic E-state index is 6.18. The van der Waals surface area contributed by atoms with Gasteiger partial charge in [0.1, 0.15) is 0 Å². The minimum atomic E-state index is 0.374. The molecule has 2 rings (SSSR count). The van der Waals surface area contributed by atoms with Gasteiger partial charge < -0.3 is 10.1 Å². The minimum absolute atomic E-state index is 0.374. The van der Waals surface area contributed by atoms with Gasteiger partial charge in [0, 0.05) is 28.8 Å². The van der Waals surface area contributed by atoms with Crippen LogP contribution >= 0.6 is 27.5 Å². The molecule has 0 bridgehead atoms. The summed E-state index contributed by atoms with van der Waals surface area (Å²) < 4.78 is 6.52.